The largest absolute Gasteiger partial charge is 0.293 e. The van der Waals surface area contributed by atoms with E-state index >= 15 is 0 Å². The number of thiophene rings is 1. The number of carbonyl (C=O) groups excluding carboxylic acids is 1. The van der Waals surface area contributed by atoms with Crippen molar-refractivity contribution in [3.63, 3.8) is 0 Å². The first kappa shape index (κ1) is 12.0. The molecule has 2 aromatic rings. The van der Waals surface area contributed by atoms with Crippen molar-refractivity contribution in [2.45, 2.75) is 19.3 Å². The number of hydrogen-bond acceptors (Lipinski definition) is 2. The quantitative estimate of drug-likeness (QED) is 0.749. The van der Waals surface area contributed by atoms with Crippen molar-refractivity contribution in [2.24, 2.45) is 0 Å². The van der Waals surface area contributed by atoms with Crippen molar-refractivity contribution in [3.05, 3.63) is 58.0 Å². The lowest BCUT2D eigenvalue weighted by atomic mass is 9.78. The lowest BCUT2D eigenvalue weighted by Gasteiger charge is -2.23. The zero-order chi connectivity index (χ0) is 12.5. The molecule has 1 aromatic heterocycles. The van der Waals surface area contributed by atoms with Crippen LogP contribution < -0.4 is 0 Å². The molecule has 0 aliphatic heterocycles. The molecule has 17 heavy (non-hydrogen) atoms. The van der Waals surface area contributed by atoms with E-state index in [1.54, 1.807) is 12.1 Å². The second kappa shape index (κ2) is 4.41. The van der Waals surface area contributed by atoms with Crippen molar-refractivity contribution in [1.82, 2.24) is 0 Å². The van der Waals surface area contributed by atoms with Crippen LogP contribution in [-0.2, 0) is 5.41 Å². The first-order valence-corrected chi connectivity index (χ1v) is 6.29. The zero-order valence-electron chi connectivity index (χ0n) is 9.74. The third-order valence-electron chi connectivity index (χ3n) is 2.92. The highest BCUT2D eigenvalue weighted by molar-refractivity contribution is 7.08. The summed E-state index contributed by atoms with van der Waals surface area (Å²) < 4.78 is 12.9. The normalized spacial score (nSPS) is 11.5. The summed E-state index contributed by atoms with van der Waals surface area (Å²) in [5, 5.41) is 3.72. The van der Waals surface area contributed by atoms with E-state index in [2.05, 4.69) is 0 Å². The van der Waals surface area contributed by atoms with Gasteiger partial charge in [-0.2, -0.15) is 11.3 Å². The fourth-order valence-electron chi connectivity index (χ4n) is 1.75. The minimum absolute atomic E-state index is 0.0605. The molecule has 1 aromatic carbocycles. The average Bonchev–Trinajstić information content (AvgIpc) is 2.82. The Kier molecular flexibility index (Phi) is 3.11. The summed E-state index contributed by atoms with van der Waals surface area (Å²) in [7, 11) is 0. The summed E-state index contributed by atoms with van der Waals surface area (Å²) in [6.45, 7) is 3.72. The van der Waals surface area contributed by atoms with E-state index in [0.717, 1.165) is 5.56 Å². The van der Waals surface area contributed by atoms with Crippen LogP contribution in [0.1, 0.15) is 29.8 Å². The van der Waals surface area contributed by atoms with Gasteiger partial charge in [0.2, 0.25) is 0 Å². The van der Waals surface area contributed by atoms with Crippen molar-refractivity contribution < 1.29 is 9.18 Å². The molecule has 0 saturated heterocycles. The number of halogens is 1. The Hall–Kier alpha value is -1.48. The maximum atomic E-state index is 12.9. The number of benzene rings is 1. The van der Waals surface area contributed by atoms with Crippen LogP contribution in [-0.4, -0.2) is 5.78 Å². The van der Waals surface area contributed by atoms with Crippen LogP contribution in [0.2, 0.25) is 0 Å². The lowest BCUT2D eigenvalue weighted by Crippen LogP contribution is -2.28. The third-order valence-corrected chi connectivity index (χ3v) is 3.60. The average molecular weight is 248 g/mol. The van der Waals surface area contributed by atoms with E-state index in [0.29, 0.717) is 5.56 Å². The minimum atomic E-state index is -0.630. The summed E-state index contributed by atoms with van der Waals surface area (Å²) >= 11 is 1.50. The molecular formula is C14H13FOS. The Morgan fingerprint density at radius 2 is 1.82 bits per heavy atom. The van der Waals surface area contributed by atoms with Crippen LogP contribution in [0.15, 0.2) is 41.1 Å². The molecule has 0 N–H and O–H groups in total. The summed E-state index contributed by atoms with van der Waals surface area (Å²) in [4.78, 5) is 12.3. The molecule has 3 heteroatoms. The SMILES string of the molecule is CC(C)(C(=O)c1ccsc1)c1ccc(F)cc1. The van der Waals surface area contributed by atoms with Gasteiger partial charge >= 0.3 is 0 Å². The van der Waals surface area contributed by atoms with Crippen molar-refractivity contribution in [2.75, 3.05) is 0 Å². The number of ketones is 1. The number of rotatable bonds is 3. The molecule has 88 valence electrons. The first-order chi connectivity index (χ1) is 8.01. The van der Waals surface area contributed by atoms with Gasteiger partial charge in [0.15, 0.2) is 5.78 Å². The van der Waals surface area contributed by atoms with E-state index in [4.69, 9.17) is 0 Å². The first-order valence-electron chi connectivity index (χ1n) is 5.35. The van der Waals surface area contributed by atoms with Crippen LogP contribution in [0.3, 0.4) is 0 Å². The number of hydrogen-bond donors (Lipinski definition) is 0. The Labute approximate surface area is 104 Å². The van der Waals surface area contributed by atoms with Gasteiger partial charge in [-0.25, -0.2) is 4.39 Å². The Morgan fingerprint density at radius 3 is 2.35 bits per heavy atom. The molecule has 2 rings (SSSR count). The molecule has 0 bridgehead atoms. The van der Waals surface area contributed by atoms with E-state index in [1.807, 2.05) is 30.7 Å². The molecule has 0 radical (unpaired) electrons. The zero-order valence-corrected chi connectivity index (χ0v) is 10.6. The van der Waals surface area contributed by atoms with Gasteiger partial charge in [-0.15, -0.1) is 0 Å². The van der Waals surface area contributed by atoms with E-state index in [1.165, 1.54) is 23.5 Å². The smallest absolute Gasteiger partial charge is 0.173 e. The molecule has 0 aliphatic carbocycles. The van der Waals surface area contributed by atoms with Gasteiger partial charge in [0.1, 0.15) is 5.82 Å². The van der Waals surface area contributed by atoms with Gasteiger partial charge in [-0.1, -0.05) is 12.1 Å². The van der Waals surface area contributed by atoms with Gasteiger partial charge in [0, 0.05) is 10.9 Å². The predicted octanol–water partition coefficient (Wildman–Crippen LogP) is 4.05. The van der Waals surface area contributed by atoms with Gasteiger partial charge < -0.3 is 0 Å². The number of carbonyl (C=O) groups is 1. The third kappa shape index (κ3) is 2.29. The topological polar surface area (TPSA) is 17.1 Å². The summed E-state index contributed by atoms with van der Waals surface area (Å²) in [6, 6.07) is 7.92. The lowest BCUT2D eigenvalue weighted by molar-refractivity contribution is 0.0909. The Morgan fingerprint density at radius 1 is 1.18 bits per heavy atom. The van der Waals surface area contributed by atoms with Crippen LogP contribution in [0.4, 0.5) is 4.39 Å². The molecule has 0 saturated carbocycles. The maximum Gasteiger partial charge on any atom is 0.173 e. The molecule has 0 amide bonds. The molecule has 0 spiro atoms. The van der Waals surface area contributed by atoms with Crippen molar-refractivity contribution >= 4 is 17.1 Å². The van der Waals surface area contributed by atoms with Crippen LogP contribution >= 0.6 is 11.3 Å². The summed E-state index contributed by atoms with van der Waals surface area (Å²) in [5.41, 5.74) is 0.911. The van der Waals surface area contributed by atoms with Crippen LogP contribution in [0.25, 0.3) is 0 Å². The van der Waals surface area contributed by atoms with E-state index in [-0.39, 0.29) is 11.6 Å². The molecule has 0 unspecified atom stereocenters. The van der Waals surface area contributed by atoms with Crippen molar-refractivity contribution in [1.29, 1.82) is 0 Å². The number of Topliss-reactive ketones (excluding diaryl/α,β-unsaturated/α-hetero) is 1. The highest BCUT2D eigenvalue weighted by Gasteiger charge is 2.30. The summed E-state index contributed by atoms with van der Waals surface area (Å²) in [6.07, 6.45) is 0. The standard InChI is InChI=1S/C14H13FOS/c1-14(2,11-3-5-12(15)6-4-11)13(16)10-7-8-17-9-10/h3-9H,1-2H3. The molecule has 0 fully saturated rings. The monoisotopic (exact) mass is 248 g/mol. The van der Waals surface area contributed by atoms with Gasteiger partial charge in [0.25, 0.3) is 0 Å². The molecule has 0 aliphatic rings. The molecule has 0 atom stereocenters. The van der Waals surface area contributed by atoms with Gasteiger partial charge in [0.05, 0.1) is 5.41 Å². The molecular weight excluding hydrogens is 235 g/mol. The summed E-state index contributed by atoms with van der Waals surface area (Å²) in [5.74, 6) is -0.224. The fourth-order valence-corrected chi connectivity index (χ4v) is 2.39. The predicted molar refractivity (Wildman–Crippen MR) is 68.1 cm³/mol. The maximum absolute atomic E-state index is 12.9. The van der Waals surface area contributed by atoms with Gasteiger partial charge in [-0.05, 0) is 43.0 Å². The minimum Gasteiger partial charge on any atom is -0.293 e. The highest BCUT2D eigenvalue weighted by atomic mass is 32.1. The van der Waals surface area contributed by atoms with E-state index < -0.39 is 5.41 Å². The van der Waals surface area contributed by atoms with E-state index in [9.17, 15) is 9.18 Å². The van der Waals surface area contributed by atoms with Crippen molar-refractivity contribution in [3.8, 4) is 0 Å². The molecule has 1 heterocycles. The molecule has 1 nitrogen and oxygen atoms in total. The second-order valence-electron chi connectivity index (χ2n) is 4.47. The Bertz CT molecular complexity index is 512. The Balaban J connectivity index is 2.36. The fraction of sp³-hybridized carbons (Fsp3) is 0.214. The van der Waals surface area contributed by atoms with Crippen LogP contribution in [0, 0.1) is 5.82 Å². The second-order valence-corrected chi connectivity index (χ2v) is 5.25. The van der Waals surface area contributed by atoms with Crippen LogP contribution in [0.5, 0.6) is 0 Å². The van der Waals surface area contributed by atoms with Gasteiger partial charge in [-0.3, -0.25) is 4.79 Å². The highest BCUT2D eigenvalue weighted by Crippen LogP contribution is 2.28.